The molecule has 5 rings (SSSR count). The minimum absolute atomic E-state index is 0.0248. The van der Waals surface area contributed by atoms with E-state index in [0.29, 0.717) is 40.1 Å². The van der Waals surface area contributed by atoms with Gasteiger partial charge in [-0.2, -0.15) is 0 Å². The Kier molecular flexibility index (Phi) is 6.03. The normalized spacial score (nSPS) is 14.9. The Hall–Kier alpha value is -3.71. The number of Topliss-reactive ketones (excluding diaryl/α,β-unsaturated/α-hetero) is 1. The largest absolute Gasteiger partial charge is 0.494 e. The second-order valence-electron chi connectivity index (χ2n) is 8.41. The first-order chi connectivity index (χ1) is 16.9. The van der Waals surface area contributed by atoms with Crippen LogP contribution in [0, 0.1) is 0 Å². The van der Waals surface area contributed by atoms with Gasteiger partial charge in [-0.3, -0.25) is 19.3 Å². The highest BCUT2D eigenvalue weighted by Gasteiger charge is 2.43. The summed E-state index contributed by atoms with van der Waals surface area (Å²) in [6, 6.07) is 18.6. The molecule has 1 aliphatic rings. The van der Waals surface area contributed by atoms with E-state index < -0.39 is 11.9 Å². The first-order valence-corrected chi connectivity index (χ1v) is 12.1. The van der Waals surface area contributed by atoms with Gasteiger partial charge in [-0.05, 0) is 73.5 Å². The second kappa shape index (κ2) is 9.15. The van der Waals surface area contributed by atoms with Gasteiger partial charge in [0.15, 0.2) is 11.2 Å². The Morgan fingerprint density at radius 1 is 1.03 bits per heavy atom. The fourth-order valence-electron chi connectivity index (χ4n) is 4.35. The standard InChI is InChI=1S/C28H22BrNO5/c1-3-14-34-21-11-6-18(7-12-21)25-24-26(32)22-15-19(29)8-13-23(22)35-27(24)28(33)30(25)20-9-4-17(5-10-20)16(2)31/h4-13,15,25H,3,14H2,1-2H3. The van der Waals surface area contributed by atoms with Crippen LogP contribution in [0.15, 0.2) is 80.4 Å². The Balaban J connectivity index is 1.70. The zero-order valence-corrected chi connectivity index (χ0v) is 20.8. The molecule has 1 unspecified atom stereocenters. The lowest BCUT2D eigenvalue weighted by atomic mass is 9.98. The van der Waals surface area contributed by atoms with Gasteiger partial charge in [-0.15, -0.1) is 0 Å². The van der Waals surface area contributed by atoms with Crippen LogP contribution < -0.4 is 15.1 Å². The minimum Gasteiger partial charge on any atom is -0.494 e. The second-order valence-corrected chi connectivity index (χ2v) is 9.33. The Morgan fingerprint density at radius 2 is 1.74 bits per heavy atom. The van der Waals surface area contributed by atoms with Crippen molar-refractivity contribution < 1.29 is 18.7 Å². The summed E-state index contributed by atoms with van der Waals surface area (Å²) in [5.74, 6) is 0.262. The number of rotatable bonds is 6. The third kappa shape index (κ3) is 4.06. The molecule has 1 aliphatic heterocycles. The first kappa shape index (κ1) is 23.1. The molecule has 35 heavy (non-hydrogen) atoms. The summed E-state index contributed by atoms with van der Waals surface area (Å²) >= 11 is 3.42. The Morgan fingerprint density at radius 3 is 2.40 bits per heavy atom. The lowest BCUT2D eigenvalue weighted by Gasteiger charge is -2.25. The average molecular weight is 532 g/mol. The van der Waals surface area contributed by atoms with Gasteiger partial charge in [-0.25, -0.2) is 0 Å². The summed E-state index contributed by atoms with van der Waals surface area (Å²) in [6.45, 7) is 4.12. The topological polar surface area (TPSA) is 76.8 Å². The zero-order chi connectivity index (χ0) is 24.7. The number of carbonyl (C=O) groups is 2. The summed E-state index contributed by atoms with van der Waals surface area (Å²) < 4.78 is 12.5. The number of benzene rings is 3. The number of hydrogen-bond acceptors (Lipinski definition) is 5. The lowest BCUT2D eigenvalue weighted by molar-refractivity contribution is 0.0970. The number of amides is 1. The highest BCUT2D eigenvalue weighted by molar-refractivity contribution is 9.10. The van der Waals surface area contributed by atoms with E-state index in [0.717, 1.165) is 16.5 Å². The molecule has 1 amide bonds. The smallest absolute Gasteiger partial charge is 0.295 e. The molecule has 1 aromatic heterocycles. The van der Waals surface area contributed by atoms with Gasteiger partial charge in [0.2, 0.25) is 5.76 Å². The van der Waals surface area contributed by atoms with E-state index in [-0.39, 0.29) is 17.0 Å². The summed E-state index contributed by atoms with van der Waals surface area (Å²) in [5.41, 5.74) is 2.23. The molecular formula is C28H22BrNO5. The van der Waals surface area contributed by atoms with E-state index in [1.165, 1.54) is 6.92 Å². The van der Waals surface area contributed by atoms with Crippen LogP contribution in [0.3, 0.4) is 0 Å². The number of anilines is 1. The van der Waals surface area contributed by atoms with Gasteiger partial charge in [0.1, 0.15) is 11.3 Å². The third-order valence-corrected chi connectivity index (χ3v) is 6.55. The van der Waals surface area contributed by atoms with Gasteiger partial charge in [0.25, 0.3) is 5.91 Å². The number of ketones is 1. The number of hydrogen-bond donors (Lipinski definition) is 0. The van der Waals surface area contributed by atoms with Crippen molar-refractivity contribution in [2.75, 3.05) is 11.5 Å². The van der Waals surface area contributed by atoms with Gasteiger partial charge in [0, 0.05) is 15.7 Å². The number of ether oxygens (including phenoxy) is 1. The SMILES string of the molecule is CCCOc1ccc(C2c3c(oc4ccc(Br)cc4c3=O)C(=O)N2c2ccc(C(C)=O)cc2)cc1. The molecule has 0 spiro atoms. The monoisotopic (exact) mass is 531 g/mol. The Labute approximate surface area is 210 Å². The molecule has 3 aromatic carbocycles. The highest BCUT2D eigenvalue weighted by atomic mass is 79.9. The molecule has 0 fully saturated rings. The third-order valence-electron chi connectivity index (χ3n) is 6.05. The molecule has 176 valence electrons. The maximum Gasteiger partial charge on any atom is 0.295 e. The number of halogens is 1. The van der Waals surface area contributed by atoms with Gasteiger partial charge in [-0.1, -0.05) is 35.0 Å². The van der Waals surface area contributed by atoms with Crippen molar-refractivity contribution in [3.63, 3.8) is 0 Å². The summed E-state index contributed by atoms with van der Waals surface area (Å²) in [5, 5.41) is 0.396. The quantitative estimate of drug-likeness (QED) is 0.273. The van der Waals surface area contributed by atoms with Gasteiger partial charge < -0.3 is 9.15 Å². The highest BCUT2D eigenvalue weighted by Crippen LogP contribution is 2.41. The number of fused-ring (bicyclic) bond motifs is 2. The van der Waals surface area contributed by atoms with Crippen molar-refractivity contribution in [1.82, 2.24) is 0 Å². The molecule has 7 heteroatoms. The molecule has 0 N–H and O–H groups in total. The van der Waals surface area contributed by atoms with Gasteiger partial charge in [0.05, 0.1) is 23.6 Å². The minimum atomic E-state index is -0.694. The van der Waals surface area contributed by atoms with Crippen molar-refractivity contribution in [1.29, 1.82) is 0 Å². The van der Waals surface area contributed by atoms with Crippen LogP contribution in [0.4, 0.5) is 5.69 Å². The van der Waals surface area contributed by atoms with E-state index in [9.17, 15) is 14.4 Å². The molecule has 0 saturated carbocycles. The zero-order valence-electron chi connectivity index (χ0n) is 19.2. The Bertz CT molecular complexity index is 1510. The maximum atomic E-state index is 13.7. The molecule has 2 heterocycles. The maximum absolute atomic E-state index is 13.7. The first-order valence-electron chi connectivity index (χ1n) is 11.3. The summed E-state index contributed by atoms with van der Waals surface area (Å²) in [6.07, 6.45) is 0.889. The number of nitrogens with zero attached hydrogens (tertiary/aromatic N) is 1. The predicted molar refractivity (Wildman–Crippen MR) is 138 cm³/mol. The molecule has 6 nitrogen and oxygen atoms in total. The van der Waals surface area contributed by atoms with E-state index in [4.69, 9.17) is 9.15 Å². The van der Waals surface area contributed by atoms with Crippen molar-refractivity contribution >= 4 is 44.3 Å². The molecule has 4 aromatic rings. The molecule has 0 bridgehead atoms. The molecular weight excluding hydrogens is 510 g/mol. The molecule has 0 radical (unpaired) electrons. The molecule has 1 atom stereocenters. The fraction of sp³-hybridized carbons (Fsp3) is 0.179. The van der Waals surface area contributed by atoms with E-state index in [1.54, 1.807) is 47.4 Å². The van der Waals surface area contributed by atoms with Gasteiger partial charge >= 0.3 is 0 Å². The molecule has 0 saturated heterocycles. The van der Waals surface area contributed by atoms with E-state index >= 15 is 0 Å². The van der Waals surface area contributed by atoms with Crippen LogP contribution >= 0.6 is 15.9 Å². The van der Waals surface area contributed by atoms with Crippen molar-refractivity contribution in [3.8, 4) is 5.75 Å². The summed E-state index contributed by atoms with van der Waals surface area (Å²) in [4.78, 5) is 40.7. The van der Waals surface area contributed by atoms with Crippen molar-refractivity contribution in [3.05, 3.63) is 104 Å². The van der Waals surface area contributed by atoms with Crippen LogP contribution in [0.25, 0.3) is 11.0 Å². The van der Waals surface area contributed by atoms with Crippen molar-refractivity contribution in [2.24, 2.45) is 0 Å². The van der Waals surface area contributed by atoms with Crippen LogP contribution in [0.2, 0.25) is 0 Å². The van der Waals surface area contributed by atoms with E-state index in [1.807, 2.05) is 31.2 Å². The van der Waals surface area contributed by atoms with Crippen LogP contribution in [-0.2, 0) is 0 Å². The van der Waals surface area contributed by atoms with E-state index in [2.05, 4.69) is 15.9 Å². The fourth-order valence-corrected chi connectivity index (χ4v) is 4.71. The molecule has 0 aliphatic carbocycles. The predicted octanol–water partition coefficient (Wildman–Crippen LogP) is 6.30. The average Bonchev–Trinajstić information content (AvgIpc) is 3.16. The van der Waals surface area contributed by atoms with Crippen LogP contribution in [0.5, 0.6) is 5.75 Å². The summed E-state index contributed by atoms with van der Waals surface area (Å²) in [7, 11) is 0. The van der Waals surface area contributed by atoms with Crippen molar-refractivity contribution in [2.45, 2.75) is 26.3 Å². The van der Waals surface area contributed by atoms with Crippen LogP contribution in [0.1, 0.15) is 58.3 Å². The number of carbonyl (C=O) groups excluding carboxylic acids is 2. The van der Waals surface area contributed by atoms with Crippen LogP contribution in [-0.4, -0.2) is 18.3 Å². The lowest BCUT2D eigenvalue weighted by Crippen LogP contribution is -2.29.